The van der Waals surface area contributed by atoms with Crippen molar-refractivity contribution in [1.29, 1.82) is 0 Å². The van der Waals surface area contributed by atoms with Gasteiger partial charge < -0.3 is 25.4 Å². The first-order valence-electron chi connectivity index (χ1n) is 10.4. The third-order valence-corrected chi connectivity index (χ3v) is 6.24. The zero-order valence-corrected chi connectivity index (χ0v) is 19.8. The number of rotatable bonds is 6. The van der Waals surface area contributed by atoms with Crippen LogP contribution in [0, 0.1) is 5.82 Å². The van der Waals surface area contributed by atoms with Gasteiger partial charge in [0.15, 0.2) is 17.3 Å². The van der Waals surface area contributed by atoms with Crippen molar-refractivity contribution in [3.05, 3.63) is 58.2 Å². The summed E-state index contributed by atoms with van der Waals surface area (Å²) in [6, 6.07) is 4.40. The molecule has 3 aromatic rings. The molecule has 0 aliphatic carbocycles. The highest BCUT2D eigenvalue weighted by Crippen LogP contribution is 2.41. The Kier molecular flexibility index (Phi) is 7.07. The van der Waals surface area contributed by atoms with E-state index in [0.29, 0.717) is 27.6 Å². The quantitative estimate of drug-likeness (QED) is 0.482. The number of piperazine rings is 1. The van der Waals surface area contributed by atoms with Gasteiger partial charge in [-0.25, -0.2) is 9.37 Å². The molecular weight excluding hydrogens is 468 g/mol. The average molecular weight is 492 g/mol. The highest BCUT2D eigenvalue weighted by Gasteiger charge is 2.22. The van der Waals surface area contributed by atoms with Gasteiger partial charge in [0.1, 0.15) is 11.9 Å². The van der Waals surface area contributed by atoms with Crippen LogP contribution in [0.2, 0.25) is 10.0 Å². The van der Waals surface area contributed by atoms with Crippen molar-refractivity contribution in [2.45, 2.75) is 13.0 Å². The van der Waals surface area contributed by atoms with Gasteiger partial charge in [-0.1, -0.05) is 23.2 Å². The highest BCUT2D eigenvalue weighted by atomic mass is 35.5. The molecule has 1 fully saturated rings. The number of nitrogens with zero attached hydrogens (tertiary/aromatic N) is 3. The summed E-state index contributed by atoms with van der Waals surface area (Å²) in [6.07, 6.45) is 4.47. The van der Waals surface area contributed by atoms with Crippen LogP contribution in [0.15, 0.2) is 36.8 Å². The molecule has 3 N–H and O–H groups in total. The van der Waals surface area contributed by atoms with Crippen LogP contribution in [-0.4, -0.2) is 43.3 Å². The Labute approximate surface area is 201 Å². The molecule has 0 spiro atoms. The number of benzene rings is 1. The molecule has 1 aliphatic heterocycles. The lowest BCUT2D eigenvalue weighted by atomic mass is 10.1. The van der Waals surface area contributed by atoms with E-state index in [1.54, 1.807) is 38.7 Å². The van der Waals surface area contributed by atoms with Crippen molar-refractivity contribution in [3.63, 3.8) is 0 Å². The first-order chi connectivity index (χ1) is 15.9. The Bertz CT molecular complexity index is 1160. The van der Waals surface area contributed by atoms with Gasteiger partial charge in [-0.2, -0.15) is 0 Å². The first kappa shape index (κ1) is 23.4. The van der Waals surface area contributed by atoms with E-state index in [2.05, 4.69) is 20.2 Å². The zero-order valence-electron chi connectivity index (χ0n) is 18.2. The van der Waals surface area contributed by atoms with Gasteiger partial charge in [-0.15, -0.1) is 0 Å². The van der Waals surface area contributed by atoms with E-state index < -0.39 is 11.9 Å². The SMILES string of the molecule is COc1c(-c2cnc(N)c(O[C@H](C)c3c(Cl)ccc(F)c3Cl)c2)cncc1N1CCNCC1. The molecule has 0 bridgehead atoms. The van der Waals surface area contributed by atoms with Crippen molar-refractivity contribution in [3.8, 4) is 22.6 Å². The Morgan fingerprint density at radius 1 is 1.18 bits per heavy atom. The highest BCUT2D eigenvalue weighted by molar-refractivity contribution is 6.36. The van der Waals surface area contributed by atoms with Crippen molar-refractivity contribution in [1.82, 2.24) is 15.3 Å². The number of pyridine rings is 2. The molecule has 1 atom stereocenters. The predicted molar refractivity (Wildman–Crippen MR) is 129 cm³/mol. The third-order valence-electron chi connectivity index (χ3n) is 5.52. The fourth-order valence-corrected chi connectivity index (χ4v) is 4.53. The molecule has 7 nitrogen and oxygen atoms in total. The summed E-state index contributed by atoms with van der Waals surface area (Å²) < 4.78 is 25.8. The fraction of sp³-hybridized carbons (Fsp3) is 0.304. The lowest BCUT2D eigenvalue weighted by Crippen LogP contribution is -2.43. The van der Waals surface area contributed by atoms with Gasteiger partial charge in [0.05, 0.1) is 24.0 Å². The van der Waals surface area contributed by atoms with E-state index in [1.807, 2.05) is 0 Å². The first-order valence-corrected chi connectivity index (χ1v) is 11.2. The van der Waals surface area contributed by atoms with E-state index in [9.17, 15) is 4.39 Å². The maximum absolute atomic E-state index is 14.0. The van der Waals surface area contributed by atoms with Gasteiger partial charge >= 0.3 is 0 Å². The number of nitrogen functional groups attached to an aromatic ring is 1. The molecular formula is C23H24Cl2FN5O2. The topological polar surface area (TPSA) is 85.5 Å². The Hall–Kier alpha value is -2.81. The van der Waals surface area contributed by atoms with Gasteiger partial charge in [0, 0.05) is 60.3 Å². The maximum atomic E-state index is 14.0. The molecule has 0 unspecified atom stereocenters. The molecule has 174 valence electrons. The monoisotopic (exact) mass is 491 g/mol. The molecule has 1 aromatic carbocycles. The summed E-state index contributed by atoms with van der Waals surface area (Å²) in [5.41, 5.74) is 8.78. The minimum atomic E-state index is -0.674. The van der Waals surface area contributed by atoms with Crippen molar-refractivity contribution in [2.75, 3.05) is 43.9 Å². The molecule has 33 heavy (non-hydrogen) atoms. The van der Waals surface area contributed by atoms with Crippen LogP contribution in [0.5, 0.6) is 11.5 Å². The van der Waals surface area contributed by atoms with E-state index in [1.165, 1.54) is 12.1 Å². The summed E-state index contributed by atoms with van der Waals surface area (Å²) >= 11 is 12.4. The fourth-order valence-electron chi connectivity index (χ4n) is 3.85. The number of nitrogens with two attached hydrogens (primary N) is 1. The molecule has 3 heterocycles. The van der Waals surface area contributed by atoms with Crippen LogP contribution in [0.4, 0.5) is 15.9 Å². The van der Waals surface area contributed by atoms with E-state index >= 15 is 0 Å². The Balaban J connectivity index is 1.69. The van der Waals surface area contributed by atoms with Crippen LogP contribution in [0.3, 0.4) is 0 Å². The molecule has 0 amide bonds. The van der Waals surface area contributed by atoms with Crippen LogP contribution >= 0.6 is 23.2 Å². The summed E-state index contributed by atoms with van der Waals surface area (Å²) in [7, 11) is 1.63. The summed E-state index contributed by atoms with van der Waals surface area (Å²) in [5.74, 6) is 0.603. The number of hydrogen-bond acceptors (Lipinski definition) is 7. The normalized spacial score (nSPS) is 14.8. The van der Waals surface area contributed by atoms with Crippen molar-refractivity contribution in [2.24, 2.45) is 0 Å². The second-order valence-corrected chi connectivity index (χ2v) is 8.39. The second-order valence-electron chi connectivity index (χ2n) is 7.60. The number of halogens is 3. The van der Waals surface area contributed by atoms with Gasteiger partial charge in [0.25, 0.3) is 0 Å². The van der Waals surface area contributed by atoms with Crippen LogP contribution in [0.1, 0.15) is 18.6 Å². The van der Waals surface area contributed by atoms with E-state index in [-0.39, 0.29) is 10.8 Å². The lowest BCUT2D eigenvalue weighted by Gasteiger charge is -2.30. The van der Waals surface area contributed by atoms with E-state index in [4.69, 9.17) is 38.4 Å². The maximum Gasteiger partial charge on any atom is 0.166 e. The molecule has 10 heteroatoms. The molecule has 1 aliphatic rings. The summed E-state index contributed by atoms with van der Waals surface area (Å²) in [6.45, 7) is 5.19. The molecule has 4 rings (SSSR count). The zero-order chi connectivity index (χ0) is 23.5. The average Bonchev–Trinajstić information content (AvgIpc) is 2.83. The number of hydrogen-bond donors (Lipinski definition) is 2. The van der Waals surface area contributed by atoms with Gasteiger partial charge in [-0.3, -0.25) is 4.98 Å². The van der Waals surface area contributed by atoms with Crippen LogP contribution < -0.4 is 25.4 Å². The second kappa shape index (κ2) is 9.99. The largest absolute Gasteiger partial charge is 0.494 e. The Morgan fingerprint density at radius 2 is 1.94 bits per heavy atom. The van der Waals surface area contributed by atoms with Crippen LogP contribution in [-0.2, 0) is 0 Å². The van der Waals surface area contributed by atoms with Crippen molar-refractivity contribution >= 4 is 34.7 Å². The minimum absolute atomic E-state index is 0.0905. The van der Waals surface area contributed by atoms with Gasteiger partial charge in [-0.05, 0) is 25.1 Å². The number of anilines is 2. The minimum Gasteiger partial charge on any atom is -0.494 e. The smallest absolute Gasteiger partial charge is 0.166 e. The van der Waals surface area contributed by atoms with E-state index in [0.717, 1.165) is 37.4 Å². The number of aromatic nitrogens is 2. The number of nitrogens with one attached hydrogen (secondary N) is 1. The summed E-state index contributed by atoms with van der Waals surface area (Å²) in [4.78, 5) is 10.9. The molecule has 0 saturated carbocycles. The Morgan fingerprint density at radius 3 is 2.67 bits per heavy atom. The third kappa shape index (κ3) is 4.78. The van der Waals surface area contributed by atoms with Crippen molar-refractivity contribution < 1.29 is 13.9 Å². The summed E-state index contributed by atoms with van der Waals surface area (Å²) in [5, 5.41) is 3.55. The number of ether oxygens (including phenoxy) is 2. The lowest BCUT2D eigenvalue weighted by molar-refractivity contribution is 0.227. The number of methoxy groups -OCH3 is 1. The molecule has 0 radical (unpaired) electrons. The predicted octanol–water partition coefficient (Wildman–Crippen LogP) is 4.73. The van der Waals surface area contributed by atoms with Gasteiger partial charge in [0.2, 0.25) is 0 Å². The standard InChI is InChI=1S/C23H24Cl2FN5O2/c1-13(20-16(24)3-4-17(26)21(20)25)33-19-9-14(10-30-23(19)27)15-11-29-12-18(22(15)32-2)31-7-5-28-6-8-31/h3-4,9-13,28H,5-8H2,1-2H3,(H2,27,30)/t13-/m1/s1. The van der Waals surface area contributed by atoms with Crippen LogP contribution in [0.25, 0.3) is 11.1 Å². The molecule has 2 aromatic heterocycles. The molecule has 1 saturated heterocycles.